The largest absolute Gasteiger partial charge is 0.361 e. The van der Waals surface area contributed by atoms with Crippen LogP contribution in [0.25, 0.3) is 21.7 Å². The number of fused-ring (bicyclic) bond motifs is 2. The van der Waals surface area contributed by atoms with Crippen molar-refractivity contribution in [1.29, 1.82) is 0 Å². The smallest absolute Gasteiger partial charge is 0.0454 e. The van der Waals surface area contributed by atoms with Crippen molar-refractivity contribution < 1.29 is 0 Å². The molecule has 0 unspecified atom stereocenters. The molecule has 3 aromatic carbocycles. The highest BCUT2D eigenvalue weighted by atomic mass is 15.1. The predicted octanol–water partition coefficient (Wildman–Crippen LogP) is 5.51. The second-order valence-electron chi connectivity index (χ2n) is 6.56. The first-order chi connectivity index (χ1) is 11.7. The van der Waals surface area contributed by atoms with Gasteiger partial charge in [0, 0.05) is 24.3 Å². The van der Waals surface area contributed by atoms with Crippen LogP contribution in [0.5, 0.6) is 0 Å². The van der Waals surface area contributed by atoms with Crippen LogP contribution in [0.1, 0.15) is 24.1 Å². The maximum absolute atomic E-state index is 3.26. The molecule has 120 valence electrons. The van der Waals surface area contributed by atoms with Crippen LogP contribution in [0.2, 0.25) is 0 Å². The number of nitrogens with zero attached hydrogens (tertiary/aromatic N) is 1. The van der Waals surface area contributed by atoms with E-state index in [-0.39, 0.29) is 0 Å². The van der Waals surface area contributed by atoms with E-state index in [2.05, 4.69) is 90.6 Å². The fourth-order valence-electron chi connectivity index (χ4n) is 3.48. The Morgan fingerprint density at radius 3 is 2.67 bits per heavy atom. The first-order valence-electron chi connectivity index (χ1n) is 8.46. The number of aromatic amines is 1. The Morgan fingerprint density at radius 1 is 0.917 bits per heavy atom. The summed E-state index contributed by atoms with van der Waals surface area (Å²) in [6, 6.07) is 24.4. The SMILES string of the molecule is C[C@H](c1cccc2ccccc12)N(C)Cc1ccc2[nH]ccc2c1. The Kier molecular flexibility index (Phi) is 3.83. The third-order valence-corrected chi connectivity index (χ3v) is 4.98. The minimum absolute atomic E-state index is 0.359. The summed E-state index contributed by atoms with van der Waals surface area (Å²) in [5.41, 5.74) is 3.93. The van der Waals surface area contributed by atoms with E-state index in [1.807, 2.05) is 6.20 Å². The van der Waals surface area contributed by atoms with E-state index in [1.165, 1.54) is 32.8 Å². The van der Waals surface area contributed by atoms with Crippen LogP contribution in [0, 0.1) is 0 Å². The van der Waals surface area contributed by atoms with Gasteiger partial charge < -0.3 is 4.98 Å². The van der Waals surface area contributed by atoms with Crippen LogP contribution in [0.15, 0.2) is 72.9 Å². The van der Waals surface area contributed by atoms with E-state index >= 15 is 0 Å². The van der Waals surface area contributed by atoms with Crippen molar-refractivity contribution >= 4 is 21.7 Å². The van der Waals surface area contributed by atoms with Gasteiger partial charge in [0.05, 0.1) is 0 Å². The number of benzene rings is 3. The Hall–Kier alpha value is -2.58. The summed E-state index contributed by atoms with van der Waals surface area (Å²) in [4.78, 5) is 5.67. The normalized spacial score (nSPS) is 13.0. The maximum atomic E-state index is 3.26. The summed E-state index contributed by atoms with van der Waals surface area (Å²) in [5.74, 6) is 0. The van der Waals surface area contributed by atoms with E-state index in [9.17, 15) is 0 Å². The maximum Gasteiger partial charge on any atom is 0.0454 e. The van der Waals surface area contributed by atoms with Gasteiger partial charge >= 0.3 is 0 Å². The molecule has 2 heteroatoms. The van der Waals surface area contributed by atoms with E-state index in [1.54, 1.807) is 0 Å². The summed E-state index contributed by atoms with van der Waals surface area (Å²) < 4.78 is 0. The molecule has 0 saturated carbocycles. The van der Waals surface area contributed by atoms with Gasteiger partial charge in [0.1, 0.15) is 0 Å². The predicted molar refractivity (Wildman–Crippen MR) is 102 cm³/mol. The number of nitrogens with one attached hydrogen (secondary N) is 1. The molecule has 4 aromatic rings. The average molecular weight is 314 g/mol. The van der Waals surface area contributed by atoms with Crippen molar-refractivity contribution in [2.24, 2.45) is 0 Å². The van der Waals surface area contributed by atoms with Crippen LogP contribution >= 0.6 is 0 Å². The molecule has 4 rings (SSSR count). The van der Waals surface area contributed by atoms with E-state index in [0.717, 1.165) is 6.54 Å². The van der Waals surface area contributed by atoms with Gasteiger partial charge in [0.2, 0.25) is 0 Å². The molecular formula is C22H22N2. The lowest BCUT2D eigenvalue weighted by molar-refractivity contribution is 0.254. The molecule has 2 nitrogen and oxygen atoms in total. The minimum atomic E-state index is 0.359. The van der Waals surface area contributed by atoms with Gasteiger partial charge in [0.15, 0.2) is 0 Å². The molecule has 1 atom stereocenters. The molecule has 24 heavy (non-hydrogen) atoms. The number of aromatic nitrogens is 1. The lowest BCUT2D eigenvalue weighted by Crippen LogP contribution is -2.22. The summed E-state index contributed by atoms with van der Waals surface area (Å²) in [5, 5.41) is 3.93. The third-order valence-electron chi connectivity index (χ3n) is 4.98. The highest BCUT2D eigenvalue weighted by molar-refractivity contribution is 5.86. The zero-order valence-corrected chi connectivity index (χ0v) is 14.2. The fourth-order valence-corrected chi connectivity index (χ4v) is 3.48. The van der Waals surface area contributed by atoms with Crippen molar-refractivity contribution in [2.45, 2.75) is 19.5 Å². The Bertz CT molecular complexity index is 978. The van der Waals surface area contributed by atoms with Gasteiger partial charge in [-0.25, -0.2) is 0 Å². The van der Waals surface area contributed by atoms with Gasteiger partial charge in [0.25, 0.3) is 0 Å². The zero-order chi connectivity index (χ0) is 16.5. The fraction of sp³-hybridized carbons (Fsp3) is 0.182. The summed E-state index contributed by atoms with van der Waals surface area (Å²) >= 11 is 0. The van der Waals surface area contributed by atoms with Crippen LogP contribution in [0.4, 0.5) is 0 Å². The van der Waals surface area contributed by atoms with Crippen LogP contribution in [0.3, 0.4) is 0 Å². The Labute approximate surface area is 142 Å². The topological polar surface area (TPSA) is 19.0 Å². The minimum Gasteiger partial charge on any atom is -0.361 e. The number of H-pyrrole nitrogens is 1. The molecule has 0 radical (unpaired) electrons. The lowest BCUT2D eigenvalue weighted by Gasteiger charge is -2.26. The zero-order valence-electron chi connectivity index (χ0n) is 14.2. The molecule has 0 fully saturated rings. The van der Waals surface area contributed by atoms with Crippen molar-refractivity contribution in [3.8, 4) is 0 Å². The van der Waals surface area contributed by atoms with Crippen molar-refractivity contribution in [2.75, 3.05) is 7.05 Å². The standard InChI is InChI=1S/C22H22N2/c1-16(20-9-5-7-18-6-3-4-8-21(18)20)24(2)15-17-10-11-22-19(14-17)12-13-23-22/h3-14,16,23H,15H2,1-2H3/t16-/m1/s1. The average Bonchev–Trinajstić information content (AvgIpc) is 3.08. The third kappa shape index (κ3) is 2.70. The van der Waals surface area contributed by atoms with Crippen molar-refractivity contribution in [3.05, 3.63) is 84.1 Å². The summed E-state index contributed by atoms with van der Waals surface area (Å²) in [6.45, 7) is 3.22. The van der Waals surface area contributed by atoms with Crippen LogP contribution in [-0.4, -0.2) is 16.9 Å². The van der Waals surface area contributed by atoms with Gasteiger partial charge in [-0.2, -0.15) is 0 Å². The van der Waals surface area contributed by atoms with Gasteiger partial charge in [-0.05, 0) is 59.5 Å². The van der Waals surface area contributed by atoms with E-state index < -0.39 is 0 Å². The first kappa shape index (κ1) is 15.0. The second-order valence-corrected chi connectivity index (χ2v) is 6.56. The van der Waals surface area contributed by atoms with Gasteiger partial charge in [-0.15, -0.1) is 0 Å². The number of hydrogen-bond acceptors (Lipinski definition) is 1. The quantitative estimate of drug-likeness (QED) is 0.526. The van der Waals surface area contributed by atoms with E-state index in [4.69, 9.17) is 0 Å². The highest BCUT2D eigenvalue weighted by Gasteiger charge is 2.14. The van der Waals surface area contributed by atoms with Crippen LogP contribution in [-0.2, 0) is 6.54 Å². The van der Waals surface area contributed by atoms with Gasteiger partial charge in [-0.3, -0.25) is 4.90 Å². The molecule has 0 amide bonds. The monoisotopic (exact) mass is 314 g/mol. The molecule has 1 heterocycles. The lowest BCUT2D eigenvalue weighted by atomic mass is 9.98. The van der Waals surface area contributed by atoms with Gasteiger partial charge in [-0.1, -0.05) is 48.5 Å². The molecule has 0 aliphatic rings. The summed E-state index contributed by atoms with van der Waals surface area (Å²) in [7, 11) is 2.20. The summed E-state index contributed by atoms with van der Waals surface area (Å²) in [6.07, 6.45) is 2.00. The second kappa shape index (κ2) is 6.14. The number of rotatable bonds is 4. The molecule has 0 aliphatic carbocycles. The Morgan fingerprint density at radius 2 is 1.75 bits per heavy atom. The number of hydrogen-bond donors (Lipinski definition) is 1. The van der Waals surface area contributed by atoms with Crippen molar-refractivity contribution in [1.82, 2.24) is 9.88 Å². The molecular weight excluding hydrogens is 292 g/mol. The molecule has 1 aromatic heterocycles. The molecule has 0 bridgehead atoms. The first-order valence-corrected chi connectivity index (χ1v) is 8.46. The molecule has 0 saturated heterocycles. The van der Waals surface area contributed by atoms with Crippen LogP contribution < -0.4 is 0 Å². The Balaban J connectivity index is 1.62. The molecule has 0 aliphatic heterocycles. The van der Waals surface area contributed by atoms with E-state index in [0.29, 0.717) is 6.04 Å². The highest BCUT2D eigenvalue weighted by Crippen LogP contribution is 2.28. The molecule has 1 N–H and O–H groups in total. The molecule has 0 spiro atoms. The van der Waals surface area contributed by atoms with Crippen molar-refractivity contribution in [3.63, 3.8) is 0 Å².